The molecule has 24 heavy (non-hydrogen) atoms. The predicted molar refractivity (Wildman–Crippen MR) is 93.7 cm³/mol. The number of methoxy groups -OCH3 is 1. The van der Waals surface area contributed by atoms with Crippen molar-refractivity contribution in [1.29, 1.82) is 0 Å². The Morgan fingerprint density at radius 2 is 2.04 bits per heavy atom. The maximum atomic E-state index is 12.3. The van der Waals surface area contributed by atoms with Crippen molar-refractivity contribution in [2.75, 3.05) is 12.4 Å². The van der Waals surface area contributed by atoms with Crippen molar-refractivity contribution >= 4 is 23.2 Å². The van der Waals surface area contributed by atoms with Crippen LogP contribution >= 0.6 is 11.6 Å². The summed E-state index contributed by atoms with van der Waals surface area (Å²) in [6, 6.07) is 14.6. The van der Waals surface area contributed by atoms with E-state index in [2.05, 4.69) is 10.4 Å². The molecule has 0 unspecified atom stereocenters. The molecule has 122 valence electrons. The van der Waals surface area contributed by atoms with E-state index in [4.69, 9.17) is 16.3 Å². The van der Waals surface area contributed by atoms with Gasteiger partial charge in [0.1, 0.15) is 5.75 Å². The van der Waals surface area contributed by atoms with Gasteiger partial charge in [0.15, 0.2) is 0 Å². The van der Waals surface area contributed by atoms with Crippen LogP contribution < -0.4 is 10.1 Å². The Balaban J connectivity index is 1.67. The minimum Gasteiger partial charge on any atom is -0.497 e. The van der Waals surface area contributed by atoms with E-state index < -0.39 is 0 Å². The highest BCUT2D eigenvalue weighted by molar-refractivity contribution is 6.30. The molecule has 3 rings (SSSR count). The Morgan fingerprint density at radius 1 is 1.25 bits per heavy atom. The van der Waals surface area contributed by atoms with Crippen molar-refractivity contribution in [3.8, 4) is 5.75 Å². The van der Waals surface area contributed by atoms with Crippen LogP contribution in [0.2, 0.25) is 5.02 Å². The summed E-state index contributed by atoms with van der Waals surface area (Å²) in [5.41, 5.74) is 2.31. The molecule has 0 radical (unpaired) electrons. The SMILES string of the molecule is COc1cccc(NC(=O)c2ccc(Cn3cc(Cl)cn3)cc2)c1. The second-order valence-corrected chi connectivity index (χ2v) is 5.68. The number of benzene rings is 2. The molecule has 0 saturated carbocycles. The Hall–Kier alpha value is -2.79. The second-order valence-electron chi connectivity index (χ2n) is 5.24. The lowest BCUT2D eigenvalue weighted by molar-refractivity contribution is 0.102. The van der Waals surface area contributed by atoms with E-state index in [-0.39, 0.29) is 5.91 Å². The van der Waals surface area contributed by atoms with Crippen molar-refractivity contribution in [3.63, 3.8) is 0 Å². The Kier molecular flexibility index (Phi) is 4.82. The van der Waals surface area contributed by atoms with E-state index in [9.17, 15) is 4.79 Å². The largest absolute Gasteiger partial charge is 0.497 e. The van der Waals surface area contributed by atoms with Crippen LogP contribution in [0.25, 0.3) is 0 Å². The number of carbonyl (C=O) groups excluding carboxylic acids is 1. The molecular weight excluding hydrogens is 326 g/mol. The lowest BCUT2D eigenvalue weighted by Crippen LogP contribution is -2.12. The highest BCUT2D eigenvalue weighted by Gasteiger charge is 2.07. The Morgan fingerprint density at radius 3 is 2.71 bits per heavy atom. The molecule has 5 nitrogen and oxygen atoms in total. The molecule has 0 aliphatic rings. The van der Waals surface area contributed by atoms with E-state index in [1.807, 2.05) is 30.3 Å². The molecule has 0 aliphatic heterocycles. The first-order chi connectivity index (χ1) is 11.6. The van der Waals surface area contributed by atoms with Crippen LogP contribution in [0.3, 0.4) is 0 Å². The van der Waals surface area contributed by atoms with E-state index >= 15 is 0 Å². The maximum Gasteiger partial charge on any atom is 0.255 e. The Bertz CT molecular complexity index is 843. The summed E-state index contributed by atoms with van der Waals surface area (Å²) in [5, 5.41) is 7.59. The fourth-order valence-corrected chi connectivity index (χ4v) is 2.43. The number of nitrogens with one attached hydrogen (secondary N) is 1. The first-order valence-corrected chi connectivity index (χ1v) is 7.74. The first-order valence-electron chi connectivity index (χ1n) is 7.36. The van der Waals surface area contributed by atoms with Gasteiger partial charge in [0.25, 0.3) is 5.91 Å². The van der Waals surface area contributed by atoms with Crippen LogP contribution in [0.15, 0.2) is 60.9 Å². The standard InChI is InChI=1S/C18H16ClN3O2/c1-24-17-4-2-3-16(9-17)21-18(23)14-7-5-13(6-8-14)11-22-12-15(19)10-20-22/h2-10,12H,11H2,1H3,(H,21,23). The number of halogens is 1. The molecule has 0 spiro atoms. The molecule has 0 saturated heterocycles. The number of ether oxygens (including phenoxy) is 1. The minimum atomic E-state index is -0.170. The minimum absolute atomic E-state index is 0.170. The average Bonchev–Trinajstić information content (AvgIpc) is 3.00. The van der Waals surface area contributed by atoms with Gasteiger partial charge in [-0.05, 0) is 29.8 Å². The van der Waals surface area contributed by atoms with Gasteiger partial charge in [-0.3, -0.25) is 9.48 Å². The third kappa shape index (κ3) is 3.94. The second kappa shape index (κ2) is 7.19. The fraction of sp³-hybridized carbons (Fsp3) is 0.111. The number of hydrogen-bond acceptors (Lipinski definition) is 3. The van der Waals surface area contributed by atoms with Crippen LogP contribution in [-0.4, -0.2) is 22.8 Å². The van der Waals surface area contributed by atoms with Gasteiger partial charge in [-0.15, -0.1) is 0 Å². The van der Waals surface area contributed by atoms with Gasteiger partial charge in [-0.2, -0.15) is 5.10 Å². The summed E-state index contributed by atoms with van der Waals surface area (Å²) < 4.78 is 6.89. The summed E-state index contributed by atoms with van der Waals surface area (Å²) >= 11 is 5.85. The van der Waals surface area contributed by atoms with Crippen LogP contribution in [0.5, 0.6) is 5.75 Å². The third-order valence-electron chi connectivity index (χ3n) is 3.49. The molecule has 1 amide bonds. The number of hydrogen-bond donors (Lipinski definition) is 1. The summed E-state index contributed by atoms with van der Waals surface area (Å²) in [5.74, 6) is 0.526. The summed E-state index contributed by atoms with van der Waals surface area (Å²) in [4.78, 5) is 12.3. The number of nitrogens with zero attached hydrogens (tertiary/aromatic N) is 2. The van der Waals surface area contributed by atoms with E-state index in [0.29, 0.717) is 28.6 Å². The van der Waals surface area contributed by atoms with Gasteiger partial charge in [0.2, 0.25) is 0 Å². The van der Waals surface area contributed by atoms with Crippen molar-refractivity contribution in [3.05, 3.63) is 77.1 Å². The molecule has 0 atom stereocenters. The van der Waals surface area contributed by atoms with Crippen molar-refractivity contribution in [1.82, 2.24) is 9.78 Å². The highest BCUT2D eigenvalue weighted by Crippen LogP contribution is 2.18. The van der Waals surface area contributed by atoms with Gasteiger partial charge in [-0.25, -0.2) is 0 Å². The summed E-state index contributed by atoms with van der Waals surface area (Å²) in [7, 11) is 1.59. The van der Waals surface area contributed by atoms with Crippen LogP contribution in [-0.2, 0) is 6.54 Å². The zero-order chi connectivity index (χ0) is 16.9. The van der Waals surface area contributed by atoms with E-state index in [0.717, 1.165) is 5.56 Å². The van der Waals surface area contributed by atoms with Gasteiger partial charge in [0, 0.05) is 23.5 Å². The number of rotatable bonds is 5. The average molecular weight is 342 g/mol. The molecule has 2 aromatic carbocycles. The molecule has 1 aromatic heterocycles. The smallest absolute Gasteiger partial charge is 0.255 e. The zero-order valence-corrected chi connectivity index (χ0v) is 13.8. The summed E-state index contributed by atoms with van der Waals surface area (Å²) in [6.07, 6.45) is 3.35. The number of anilines is 1. The van der Waals surface area contributed by atoms with Gasteiger partial charge in [-0.1, -0.05) is 29.8 Å². The van der Waals surface area contributed by atoms with E-state index in [1.165, 1.54) is 0 Å². The van der Waals surface area contributed by atoms with Crippen LogP contribution in [0.4, 0.5) is 5.69 Å². The Labute approximate surface area is 144 Å². The van der Waals surface area contributed by atoms with Crippen LogP contribution in [0, 0.1) is 0 Å². The van der Waals surface area contributed by atoms with E-state index in [1.54, 1.807) is 42.4 Å². The quantitative estimate of drug-likeness (QED) is 0.767. The number of carbonyl (C=O) groups is 1. The molecule has 6 heteroatoms. The normalized spacial score (nSPS) is 10.4. The first kappa shape index (κ1) is 16.1. The highest BCUT2D eigenvalue weighted by atomic mass is 35.5. The van der Waals surface area contributed by atoms with Gasteiger partial charge in [0.05, 0.1) is 24.9 Å². The molecule has 0 aliphatic carbocycles. The topological polar surface area (TPSA) is 56.1 Å². The molecule has 0 bridgehead atoms. The fourth-order valence-electron chi connectivity index (χ4n) is 2.28. The van der Waals surface area contributed by atoms with Gasteiger partial charge < -0.3 is 10.1 Å². The number of amides is 1. The van der Waals surface area contributed by atoms with Gasteiger partial charge >= 0.3 is 0 Å². The van der Waals surface area contributed by atoms with Crippen molar-refractivity contribution in [2.24, 2.45) is 0 Å². The van der Waals surface area contributed by atoms with Crippen molar-refractivity contribution < 1.29 is 9.53 Å². The lowest BCUT2D eigenvalue weighted by atomic mass is 10.1. The zero-order valence-electron chi connectivity index (χ0n) is 13.1. The molecule has 3 aromatic rings. The molecule has 1 heterocycles. The maximum absolute atomic E-state index is 12.3. The lowest BCUT2D eigenvalue weighted by Gasteiger charge is -2.08. The number of aromatic nitrogens is 2. The monoisotopic (exact) mass is 341 g/mol. The van der Waals surface area contributed by atoms with Crippen LogP contribution in [0.1, 0.15) is 15.9 Å². The predicted octanol–water partition coefficient (Wildman–Crippen LogP) is 3.85. The molecule has 0 fully saturated rings. The molecule has 1 N–H and O–H groups in total. The summed E-state index contributed by atoms with van der Waals surface area (Å²) in [6.45, 7) is 0.602. The molecular formula is C18H16ClN3O2. The van der Waals surface area contributed by atoms with Crippen molar-refractivity contribution in [2.45, 2.75) is 6.54 Å². The third-order valence-corrected chi connectivity index (χ3v) is 3.69.